The fourth-order valence-electron chi connectivity index (χ4n) is 1.71. The molecular weight excluding hydrogens is 310 g/mol. The van der Waals surface area contributed by atoms with Crippen LogP contribution in [0.1, 0.15) is 27.0 Å². The minimum Gasteiger partial charge on any atom is -0.321 e. The molecule has 0 saturated heterocycles. The Hall–Kier alpha value is -1.13. The van der Waals surface area contributed by atoms with Gasteiger partial charge < -0.3 is 5.32 Å². The molecule has 2 nitrogen and oxygen atoms in total. The Bertz CT molecular complexity index is 560. The first-order chi connectivity index (χ1) is 8.60. The Kier molecular flexibility index (Phi) is 4.19. The Morgan fingerprint density at radius 2 is 2.00 bits per heavy atom. The Balaban J connectivity index is 2.14. The number of halogens is 1. The molecule has 0 atom stereocenters. The summed E-state index contributed by atoms with van der Waals surface area (Å²) in [5, 5.41) is 2.90. The van der Waals surface area contributed by atoms with Crippen LogP contribution in [0.25, 0.3) is 0 Å². The van der Waals surface area contributed by atoms with E-state index in [0.717, 1.165) is 21.5 Å². The average molecular weight is 324 g/mol. The van der Waals surface area contributed by atoms with Gasteiger partial charge in [0.15, 0.2) is 0 Å². The van der Waals surface area contributed by atoms with Crippen molar-refractivity contribution in [2.45, 2.75) is 20.3 Å². The molecule has 0 fully saturated rings. The molecule has 1 N–H and O–H groups in total. The first-order valence-corrected chi connectivity index (χ1v) is 7.37. The standard InChI is InChI=1S/C14H14BrNOS/c1-3-10-8-13(18-9(10)2)14(17)16-12-6-4-11(15)5-7-12/h4-8H,3H2,1-2H3,(H,16,17). The summed E-state index contributed by atoms with van der Waals surface area (Å²) < 4.78 is 1.00. The lowest BCUT2D eigenvalue weighted by molar-refractivity contribution is 0.103. The van der Waals surface area contributed by atoms with Gasteiger partial charge in [-0.1, -0.05) is 22.9 Å². The lowest BCUT2D eigenvalue weighted by Gasteiger charge is -2.03. The number of hydrogen-bond acceptors (Lipinski definition) is 2. The van der Waals surface area contributed by atoms with Crippen molar-refractivity contribution in [2.24, 2.45) is 0 Å². The SMILES string of the molecule is CCc1cc(C(=O)Nc2ccc(Br)cc2)sc1C. The van der Waals surface area contributed by atoms with Gasteiger partial charge in [0.05, 0.1) is 4.88 Å². The van der Waals surface area contributed by atoms with E-state index in [9.17, 15) is 4.79 Å². The summed E-state index contributed by atoms with van der Waals surface area (Å²) in [6.07, 6.45) is 0.966. The van der Waals surface area contributed by atoms with Crippen LogP contribution in [0, 0.1) is 6.92 Å². The van der Waals surface area contributed by atoms with E-state index in [1.165, 1.54) is 10.4 Å². The molecule has 2 aromatic rings. The quantitative estimate of drug-likeness (QED) is 0.876. The fraction of sp³-hybridized carbons (Fsp3) is 0.214. The highest BCUT2D eigenvalue weighted by molar-refractivity contribution is 9.10. The second-order valence-electron chi connectivity index (χ2n) is 4.01. The van der Waals surface area contributed by atoms with E-state index in [-0.39, 0.29) is 5.91 Å². The van der Waals surface area contributed by atoms with E-state index >= 15 is 0 Å². The topological polar surface area (TPSA) is 29.1 Å². The molecule has 1 aromatic heterocycles. The van der Waals surface area contributed by atoms with Crippen LogP contribution in [0.4, 0.5) is 5.69 Å². The van der Waals surface area contributed by atoms with Gasteiger partial charge in [-0.25, -0.2) is 0 Å². The van der Waals surface area contributed by atoms with Crippen LogP contribution in [-0.2, 0) is 6.42 Å². The second kappa shape index (κ2) is 5.67. The minimum atomic E-state index is -0.0369. The third-order valence-corrected chi connectivity index (χ3v) is 4.35. The summed E-state index contributed by atoms with van der Waals surface area (Å²) in [4.78, 5) is 14.1. The molecule has 0 spiro atoms. The predicted octanol–water partition coefficient (Wildman–Crippen LogP) is 4.63. The van der Waals surface area contributed by atoms with Gasteiger partial charge in [-0.05, 0) is 49.2 Å². The van der Waals surface area contributed by atoms with Crippen molar-refractivity contribution in [1.82, 2.24) is 0 Å². The number of nitrogens with one attached hydrogen (secondary N) is 1. The van der Waals surface area contributed by atoms with Crippen molar-refractivity contribution in [3.8, 4) is 0 Å². The summed E-state index contributed by atoms with van der Waals surface area (Å²) in [6, 6.07) is 9.56. The van der Waals surface area contributed by atoms with Gasteiger partial charge in [-0.3, -0.25) is 4.79 Å². The molecule has 0 bridgehead atoms. The molecule has 0 aliphatic rings. The zero-order valence-electron chi connectivity index (χ0n) is 10.3. The lowest BCUT2D eigenvalue weighted by Crippen LogP contribution is -2.09. The van der Waals surface area contributed by atoms with Gasteiger partial charge in [0.1, 0.15) is 0 Å². The van der Waals surface area contributed by atoms with Crippen LogP contribution in [0.3, 0.4) is 0 Å². The van der Waals surface area contributed by atoms with E-state index < -0.39 is 0 Å². The molecule has 1 amide bonds. The first-order valence-electron chi connectivity index (χ1n) is 5.76. The van der Waals surface area contributed by atoms with Crippen molar-refractivity contribution in [1.29, 1.82) is 0 Å². The molecule has 18 heavy (non-hydrogen) atoms. The van der Waals surface area contributed by atoms with Crippen LogP contribution in [0.15, 0.2) is 34.8 Å². The number of benzene rings is 1. The van der Waals surface area contributed by atoms with Crippen LogP contribution >= 0.6 is 27.3 Å². The van der Waals surface area contributed by atoms with Crippen LogP contribution in [0.5, 0.6) is 0 Å². The van der Waals surface area contributed by atoms with Gasteiger partial charge in [-0.2, -0.15) is 0 Å². The molecule has 1 aromatic carbocycles. The third kappa shape index (κ3) is 3.00. The van der Waals surface area contributed by atoms with E-state index in [1.54, 1.807) is 11.3 Å². The molecule has 0 aliphatic carbocycles. The Labute approximate surface area is 119 Å². The normalized spacial score (nSPS) is 10.4. The largest absolute Gasteiger partial charge is 0.321 e. The molecule has 0 unspecified atom stereocenters. The highest BCUT2D eigenvalue weighted by atomic mass is 79.9. The average Bonchev–Trinajstić information content (AvgIpc) is 2.73. The van der Waals surface area contributed by atoms with Crippen molar-refractivity contribution in [3.63, 3.8) is 0 Å². The number of carbonyl (C=O) groups excluding carboxylic acids is 1. The maximum absolute atomic E-state index is 12.1. The molecule has 0 saturated carbocycles. The molecule has 1 heterocycles. The third-order valence-electron chi connectivity index (χ3n) is 2.73. The van der Waals surface area contributed by atoms with Gasteiger partial charge in [0.2, 0.25) is 0 Å². The lowest BCUT2D eigenvalue weighted by atomic mass is 10.2. The number of aryl methyl sites for hydroxylation is 2. The second-order valence-corrected chi connectivity index (χ2v) is 6.18. The Morgan fingerprint density at radius 3 is 2.56 bits per heavy atom. The number of thiophene rings is 1. The fourth-order valence-corrected chi connectivity index (χ4v) is 2.98. The molecule has 0 radical (unpaired) electrons. The zero-order chi connectivity index (χ0) is 13.1. The van der Waals surface area contributed by atoms with Gasteiger partial charge in [0.25, 0.3) is 5.91 Å². The number of hydrogen-bond donors (Lipinski definition) is 1. The number of rotatable bonds is 3. The van der Waals surface area contributed by atoms with Crippen molar-refractivity contribution in [2.75, 3.05) is 5.32 Å². The van der Waals surface area contributed by atoms with Crippen molar-refractivity contribution >= 4 is 38.9 Å². The Morgan fingerprint density at radius 1 is 1.33 bits per heavy atom. The summed E-state index contributed by atoms with van der Waals surface area (Å²) in [6.45, 7) is 4.16. The number of carbonyl (C=O) groups is 1. The van der Waals surface area contributed by atoms with Crippen LogP contribution < -0.4 is 5.32 Å². The zero-order valence-corrected chi connectivity index (χ0v) is 12.7. The maximum atomic E-state index is 12.1. The van der Waals surface area contributed by atoms with Crippen LogP contribution in [0.2, 0.25) is 0 Å². The van der Waals surface area contributed by atoms with Gasteiger partial charge in [-0.15, -0.1) is 11.3 Å². The van der Waals surface area contributed by atoms with E-state index in [2.05, 4.69) is 35.1 Å². The van der Waals surface area contributed by atoms with Crippen molar-refractivity contribution in [3.05, 3.63) is 50.1 Å². The van der Waals surface area contributed by atoms with Crippen molar-refractivity contribution < 1.29 is 4.79 Å². The number of amides is 1. The van der Waals surface area contributed by atoms with Gasteiger partial charge >= 0.3 is 0 Å². The van der Waals surface area contributed by atoms with E-state index in [0.29, 0.717) is 0 Å². The number of anilines is 1. The smallest absolute Gasteiger partial charge is 0.265 e. The maximum Gasteiger partial charge on any atom is 0.265 e. The highest BCUT2D eigenvalue weighted by Gasteiger charge is 2.11. The first kappa shape index (κ1) is 13.3. The molecular formula is C14H14BrNOS. The summed E-state index contributed by atoms with van der Waals surface area (Å²) in [7, 11) is 0. The summed E-state index contributed by atoms with van der Waals surface area (Å²) >= 11 is 4.92. The molecule has 0 aliphatic heterocycles. The van der Waals surface area contributed by atoms with E-state index in [1.807, 2.05) is 30.3 Å². The monoisotopic (exact) mass is 323 g/mol. The molecule has 2 rings (SSSR count). The van der Waals surface area contributed by atoms with Gasteiger partial charge in [0, 0.05) is 15.0 Å². The highest BCUT2D eigenvalue weighted by Crippen LogP contribution is 2.23. The molecule has 4 heteroatoms. The predicted molar refractivity (Wildman–Crippen MR) is 80.5 cm³/mol. The van der Waals surface area contributed by atoms with E-state index in [4.69, 9.17) is 0 Å². The molecule has 94 valence electrons. The van der Waals surface area contributed by atoms with Crippen LogP contribution in [-0.4, -0.2) is 5.91 Å². The minimum absolute atomic E-state index is 0.0369. The summed E-state index contributed by atoms with van der Waals surface area (Å²) in [5.74, 6) is -0.0369. The summed E-state index contributed by atoms with van der Waals surface area (Å²) in [5.41, 5.74) is 2.06.